The maximum atomic E-state index is 11.8. The van der Waals surface area contributed by atoms with Crippen molar-refractivity contribution in [2.24, 2.45) is 5.92 Å². The summed E-state index contributed by atoms with van der Waals surface area (Å²) in [7, 11) is 0. The SMILES string of the molecule is Cc1cc(C)nc(SCC(=O)OCC(=O)NC2CCC(C)CC2)n1. The van der Waals surface area contributed by atoms with Crippen LogP contribution in [0, 0.1) is 19.8 Å². The number of aromatic nitrogens is 2. The Kier molecular flexibility index (Phi) is 7.02. The van der Waals surface area contributed by atoms with Crippen LogP contribution in [0.4, 0.5) is 0 Å². The van der Waals surface area contributed by atoms with Crippen LogP contribution < -0.4 is 5.32 Å². The highest BCUT2D eigenvalue weighted by molar-refractivity contribution is 7.99. The van der Waals surface area contributed by atoms with Gasteiger partial charge in [0.25, 0.3) is 5.91 Å². The van der Waals surface area contributed by atoms with Crippen molar-refractivity contribution in [3.63, 3.8) is 0 Å². The third-order valence-electron chi connectivity index (χ3n) is 4.03. The molecule has 0 atom stereocenters. The maximum Gasteiger partial charge on any atom is 0.316 e. The number of esters is 1. The minimum Gasteiger partial charge on any atom is -0.455 e. The minimum atomic E-state index is -0.435. The second-order valence-electron chi connectivity index (χ2n) is 6.41. The zero-order chi connectivity index (χ0) is 17.5. The number of hydrogen-bond donors (Lipinski definition) is 1. The fourth-order valence-corrected chi connectivity index (χ4v) is 3.49. The highest BCUT2D eigenvalue weighted by Gasteiger charge is 2.20. The summed E-state index contributed by atoms with van der Waals surface area (Å²) in [5.41, 5.74) is 1.72. The molecule has 1 fully saturated rings. The predicted molar refractivity (Wildman–Crippen MR) is 92.8 cm³/mol. The molecule has 1 aliphatic rings. The Hall–Kier alpha value is -1.63. The van der Waals surface area contributed by atoms with Gasteiger partial charge in [-0.05, 0) is 51.5 Å². The quantitative estimate of drug-likeness (QED) is 0.482. The van der Waals surface area contributed by atoms with Crippen LogP contribution in [0.2, 0.25) is 0 Å². The molecular weight excluding hydrogens is 326 g/mol. The molecule has 2 rings (SSSR count). The molecule has 1 aliphatic carbocycles. The molecule has 0 unspecified atom stereocenters. The Morgan fingerprint density at radius 3 is 2.46 bits per heavy atom. The van der Waals surface area contributed by atoms with E-state index >= 15 is 0 Å². The van der Waals surface area contributed by atoms with Gasteiger partial charge in [-0.2, -0.15) is 0 Å². The van der Waals surface area contributed by atoms with Gasteiger partial charge in [0.2, 0.25) is 0 Å². The molecule has 0 aliphatic heterocycles. The number of nitrogens with one attached hydrogen (secondary N) is 1. The van der Waals surface area contributed by atoms with Crippen LogP contribution in [0.5, 0.6) is 0 Å². The minimum absolute atomic E-state index is 0.0944. The first kappa shape index (κ1) is 18.7. The molecule has 1 N–H and O–H groups in total. The number of thioether (sulfide) groups is 1. The van der Waals surface area contributed by atoms with Crippen molar-refractivity contribution in [2.45, 2.75) is 57.7 Å². The lowest BCUT2D eigenvalue weighted by Crippen LogP contribution is -2.39. The van der Waals surface area contributed by atoms with E-state index in [2.05, 4.69) is 22.2 Å². The highest BCUT2D eigenvalue weighted by Crippen LogP contribution is 2.23. The average Bonchev–Trinajstić information content (AvgIpc) is 2.52. The first-order valence-corrected chi connectivity index (χ1v) is 9.31. The van der Waals surface area contributed by atoms with E-state index in [1.807, 2.05) is 19.9 Å². The van der Waals surface area contributed by atoms with Crippen molar-refractivity contribution in [1.82, 2.24) is 15.3 Å². The van der Waals surface area contributed by atoms with Crippen LogP contribution in [-0.2, 0) is 14.3 Å². The van der Waals surface area contributed by atoms with Gasteiger partial charge in [0, 0.05) is 17.4 Å². The Morgan fingerprint density at radius 1 is 1.21 bits per heavy atom. The van der Waals surface area contributed by atoms with Crippen LogP contribution >= 0.6 is 11.8 Å². The van der Waals surface area contributed by atoms with E-state index in [0.29, 0.717) is 5.16 Å². The third-order valence-corrected chi connectivity index (χ3v) is 4.85. The van der Waals surface area contributed by atoms with Crippen molar-refractivity contribution < 1.29 is 14.3 Å². The Bertz CT molecular complexity index is 566. The second kappa shape index (κ2) is 9.01. The van der Waals surface area contributed by atoms with Crippen LogP contribution in [0.15, 0.2) is 11.2 Å². The van der Waals surface area contributed by atoms with Crippen molar-refractivity contribution in [3.8, 4) is 0 Å². The summed E-state index contributed by atoms with van der Waals surface area (Å²) in [5, 5.41) is 3.48. The number of aryl methyl sites for hydroxylation is 2. The summed E-state index contributed by atoms with van der Waals surface area (Å²) < 4.78 is 5.02. The first-order chi connectivity index (χ1) is 11.4. The maximum absolute atomic E-state index is 11.8. The normalized spacial score (nSPS) is 20.5. The van der Waals surface area contributed by atoms with Gasteiger partial charge in [-0.15, -0.1) is 0 Å². The first-order valence-electron chi connectivity index (χ1n) is 8.32. The highest BCUT2D eigenvalue weighted by atomic mass is 32.2. The Labute approximate surface area is 147 Å². The number of ether oxygens (including phenoxy) is 1. The smallest absolute Gasteiger partial charge is 0.316 e. The van der Waals surface area contributed by atoms with E-state index in [4.69, 9.17) is 4.74 Å². The van der Waals surface area contributed by atoms with Crippen LogP contribution in [0.25, 0.3) is 0 Å². The van der Waals surface area contributed by atoms with Gasteiger partial charge < -0.3 is 10.1 Å². The lowest BCUT2D eigenvalue weighted by Gasteiger charge is -2.26. The van der Waals surface area contributed by atoms with Crippen molar-refractivity contribution in [2.75, 3.05) is 12.4 Å². The van der Waals surface area contributed by atoms with Gasteiger partial charge in [-0.25, -0.2) is 9.97 Å². The third kappa shape index (κ3) is 6.47. The van der Waals surface area contributed by atoms with E-state index < -0.39 is 5.97 Å². The number of nitrogens with zero attached hydrogens (tertiary/aromatic N) is 2. The molecule has 7 heteroatoms. The largest absolute Gasteiger partial charge is 0.455 e. The predicted octanol–water partition coefficient (Wildman–Crippen LogP) is 2.42. The summed E-state index contributed by atoms with van der Waals surface area (Å²) in [6, 6.07) is 2.09. The summed E-state index contributed by atoms with van der Waals surface area (Å²) in [6.45, 7) is 5.77. The van der Waals surface area contributed by atoms with E-state index in [-0.39, 0.29) is 24.3 Å². The van der Waals surface area contributed by atoms with E-state index in [9.17, 15) is 9.59 Å². The molecule has 1 amide bonds. The van der Waals surface area contributed by atoms with Crippen LogP contribution in [-0.4, -0.2) is 40.2 Å². The number of carbonyl (C=O) groups is 2. The molecule has 1 aromatic rings. The van der Waals surface area contributed by atoms with E-state index in [0.717, 1.165) is 43.0 Å². The molecule has 132 valence electrons. The molecule has 1 aromatic heterocycles. The second-order valence-corrected chi connectivity index (χ2v) is 7.35. The molecule has 1 saturated carbocycles. The standard InChI is InChI=1S/C17H25N3O3S/c1-11-4-6-14(7-5-11)20-15(21)9-23-16(22)10-24-17-18-12(2)8-13(3)19-17/h8,11,14H,4-7,9-10H2,1-3H3,(H,20,21). The Balaban J connectivity index is 1.66. The summed E-state index contributed by atoms with van der Waals surface area (Å²) in [4.78, 5) is 32.1. The molecule has 1 heterocycles. The molecule has 0 spiro atoms. The molecule has 0 bridgehead atoms. The number of carbonyl (C=O) groups excluding carboxylic acids is 2. The molecule has 0 radical (unpaired) electrons. The van der Waals surface area contributed by atoms with E-state index in [1.54, 1.807) is 0 Å². The van der Waals surface area contributed by atoms with Gasteiger partial charge in [0.05, 0.1) is 5.75 Å². The lowest BCUT2D eigenvalue weighted by molar-refractivity contribution is -0.146. The zero-order valence-corrected chi connectivity index (χ0v) is 15.3. The molecule has 24 heavy (non-hydrogen) atoms. The summed E-state index contributed by atoms with van der Waals surface area (Å²) in [5.74, 6) is 0.170. The molecule has 0 aromatic carbocycles. The monoisotopic (exact) mass is 351 g/mol. The lowest BCUT2D eigenvalue weighted by atomic mass is 9.87. The number of amides is 1. The van der Waals surface area contributed by atoms with E-state index in [1.165, 1.54) is 11.8 Å². The zero-order valence-electron chi connectivity index (χ0n) is 14.5. The Morgan fingerprint density at radius 2 is 1.83 bits per heavy atom. The van der Waals surface area contributed by atoms with Crippen LogP contribution in [0.3, 0.4) is 0 Å². The van der Waals surface area contributed by atoms with Gasteiger partial charge in [0.15, 0.2) is 11.8 Å². The van der Waals surface area contributed by atoms with Gasteiger partial charge in [-0.1, -0.05) is 18.7 Å². The molecule has 0 saturated heterocycles. The van der Waals surface area contributed by atoms with Crippen LogP contribution in [0.1, 0.15) is 44.0 Å². The van der Waals surface area contributed by atoms with Crippen molar-refractivity contribution >= 4 is 23.6 Å². The fourth-order valence-electron chi connectivity index (χ4n) is 2.74. The summed E-state index contributed by atoms with van der Waals surface area (Å²) >= 11 is 1.22. The van der Waals surface area contributed by atoms with Crippen molar-refractivity contribution in [3.05, 3.63) is 17.5 Å². The van der Waals surface area contributed by atoms with Gasteiger partial charge in [-0.3, -0.25) is 9.59 Å². The summed E-state index contributed by atoms with van der Waals surface area (Å²) in [6.07, 6.45) is 4.27. The number of rotatable bonds is 6. The van der Waals surface area contributed by atoms with Gasteiger partial charge in [0.1, 0.15) is 0 Å². The molecular formula is C17H25N3O3S. The fraction of sp³-hybridized carbons (Fsp3) is 0.647. The molecule has 6 nitrogen and oxygen atoms in total. The average molecular weight is 351 g/mol. The topological polar surface area (TPSA) is 81.2 Å². The number of hydrogen-bond acceptors (Lipinski definition) is 6. The van der Waals surface area contributed by atoms with Crippen molar-refractivity contribution in [1.29, 1.82) is 0 Å². The van der Waals surface area contributed by atoms with Gasteiger partial charge >= 0.3 is 5.97 Å².